The van der Waals surface area contributed by atoms with E-state index in [0.717, 1.165) is 6.20 Å². The van der Waals surface area contributed by atoms with Gasteiger partial charge in [0.2, 0.25) is 5.88 Å². The first-order valence-electron chi connectivity index (χ1n) is 8.26. The third-order valence-electron chi connectivity index (χ3n) is 3.54. The first-order chi connectivity index (χ1) is 12.6. The molecule has 0 unspecified atom stereocenters. The van der Waals surface area contributed by atoms with Crippen molar-refractivity contribution in [2.75, 3.05) is 12.0 Å². The average molecular weight is 375 g/mol. The number of hydrogen-bond acceptors (Lipinski definition) is 6. The second kappa shape index (κ2) is 8.11. The van der Waals surface area contributed by atoms with E-state index in [2.05, 4.69) is 9.97 Å². The molecule has 2 heterocycles. The molecule has 0 radical (unpaired) electrons. The SMILES string of the molecule is COc1ncc(F)cc1CN(C(=O)OC(C)(C)C)c1ccc(C=O)c(C)n1. The number of rotatable bonds is 5. The Kier molecular flexibility index (Phi) is 6.09. The van der Waals surface area contributed by atoms with Crippen LogP contribution in [0.5, 0.6) is 5.88 Å². The largest absolute Gasteiger partial charge is 0.481 e. The van der Waals surface area contributed by atoms with E-state index in [0.29, 0.717) is 23.1 Å². The molecule has 0 saturated heterocycles. The summed E-state index contributed by atoms with van der Waals surface area (Å²) >= 11 is 0. The van der Waals surface area contributed by atoms with Crippen LogP contribution in [0.4, 0.5) is 15.0 Å². The van der Waals surface area contributed by atoms with E-state index in [9.17, 15) is 14.0 Å². The first kappa shape index (κ1) is 20.3. The number of pyridine rings is 2. The highest BCUT2D eigenvalue weighted by molar-refractivity contribution is 5.87. The van der Waals surface area contributed by atoms with Crippen molar-refractivity contribution in [2.45, 2.75) is 39.8 Å². The van der Waals surface area contributed by atoms with Gasteiger partial charge in [0.05, 0.1) is 25.5 Å². The van der Waals surface area contributed by atoms with Gasteiger partial charge in [0.15, 0.2) is 6.29 Å². The summed E-state index contributed by atoms with van der Waals surface area (Å²) in [4.78, 5) is 33.2. The maximum Gasteiger partial charge on any atom is 0.416 e. The van der Waals surface area contributed by atoms with E-state index < -0.39 is 17.5 Å². The standard InChI is InChI=1S/C19H22FN3O4/c1-12-13(11-24)6-7-16(22-12)23(18(25)27-19(2,3)4)10-14-8-15(20)9-21-17(14)26-5/h6-9,11H,10H2,1-5H3. The minimum atomic E-state index is -0.739. The van der Waals surface area contributed by atoms with Crippen LogP contribution in [0.3, 0.4) is 0 Å². The molecule has 0 fully saturated rings. The molecule has 0 aliphatic carbocycles. The predicted octanol–water partition coefficient (Wildman–Crippen LogP) is 3.69. The summed E-state index contributed by atoms with van der Waals surface area (Å²) in [6, 6.07) is 4.32. The van der Waals surface area contributed by atoms with Gasteiger partial charge in [-0.15, -0.1) is 0 Å². The number of ether oxygens (including phenoxy) is 2. The number of aromatic nitrogens is 2. The molecule has 0 aromatic carbocycles. The lowest BCUT2D eigenvalue weighted by Gasteiger charge is -2.27. The zero-order valence-electron chi connectivity index (χ0n) is 15.9. The van der Waals surface area contributed by atoms with Gasteiger partial charge in [-0.2, -0.15) is 0 Å². The van der Waals surface area contributed by atoms with Gasteiger partial charge in [-0.05, 0) is 45.9 Å². The van der Waals surface area contributed by atoms with Crippen LogP contribution in [0.1, 0.15) is 42.4 Å². The molecule has 0 bridgehead atoms. The van der Waals surface area contributed by atoms with Gasteiger partial charge in [-0.1, -0.05) is 0 Å². The number of amides is 1. The smallest absolute Gasteiger partial charge is 0.416 e. The highest BCUT2D eigenvalue weighted by atomic mass is 19.1. The van der Waals surface area contributed by atoms with Crippen molar-refractivity contribution in [1.82, 2.24) is 9.97 Å². The van der Waals surface area contributed by atoms with Crippen molar-refractivity contribution in [3.8, 4) is 5.88 Å². The summed E-state index contributed by atoms with van der Waals surface area (Å²) in [6.07, 6.45) is 1.05. The Hall–Kier alpha value is -3.03. The van der Waals surface area contributed by atoms with Crippen LogP contribution in [0.15, 0.2) is 24.4 Å². The van der Waals surface area contributed by atoms with Crippen LogP contribution < -0.4 is 9.64 Å². The molecule has 0 saturated carbocycles. The molecule has 2 aromatic rings. The molecular weight excluding hydrogens is 353 g/mol. The summed E-state index contributed by atoms with van der Waals surface area (Å²) in [7, 11) is 1.41. The van der Waals surface area contributed by atoms with Crippen molar-refractivity contribution < 1.29 is 23.5 Å². The molecule has 8 heteroatoms. The topological polar surface area (TPSA) is 81.6 Å². The number of aldehydes is 1. The maximum atomic E-state index is 13.7. The molecule has 2 rings (SSSR count). The predicted molar refractivity (Wildman–Crippen MR) is 97.5 cm³/mol. The Balaban J connectivity index is 2.47. The Morgan fingerprint density at radius 1 is 1.33 bits per heavy atom. The monoisotopic (exact) mass is 375 g/mol. The third kappa shape index (κ3) is 5.22. The maximum absolute atomic E-state index is 13.7. The average Bonchev–Trinajstić information content (AvgIpc) is 2.58. The van der Waals surface area contributed by atoms with E-state index in [1.165, 1.54) is 24.1 Å². The highest BCUT2D eigenvalue weighted by Gasteiger charge is 2.26. The molecule has 0 aliphatic heterocycles. The molecule has 7 nitrogen and oxygen atoms in total. The number of methoxy groups -OCH3 is 1. The number of hydrogen-bond donors (Lipinski definition) is 0. The van der Waals surface area contributed by atoms with E-state index in [4.69, 9.17) is 9.47 Å². The summed E-state index contributed by atoms with van der Waals surface area (Å²) in [5, 5.41) is 0. The van der Waals surface area contributed by atoms with Crippen molar-refractivity contribution in [1.29, 1.82) is 0 Å². The summed E-state index contributed by atoms with van der Waals surface area (Å²) < 4.78 is 24.3. The lowest BCUT2D eigenvalue weighted by atomic mass is 10.2. The van der Waals surface area contributed by atoms with Crippen molar-refractivity contribution in [3.63, 3.8) is 0 Å². The highest BCUT2D eigenvalue weighted by Crippen LogP contribution is 2.24. The van der Waals surface area contributed by atoms with Crippen molar-refractivity contribution in [3.05, 3.63) is 47.0 Å². The van der Waals surface area contributed by atoms with Gasteiger partial charge < -0.3 is 9.47 Å². The lowest BCUT2D eigenvalue weighted by molar-refractivity contribution is 0.0576. The third-order valence-corrected chi connectivity index (χ3v) is 3.54. The van der Waals surface area contributed by atoms with Crippen LogP contribution in [0, 0.1) is 12.7 Å². The van der Waals surface area contributed by atoms with Gasteiger partial charge in [-0.3, -0.25) is 9.69 Å². The molecule has 0 N–H and O–H groups in total. The number of anilines is 1. The fourth-order valence-electron chi connectivity index (χ4n) is 2.33. The Morgan fingerprint density at radius 2 is 2.04 bits per heavy atom. The van der Waals surface area contributed by atoms with Crippen molar-refractivity contribution in [2.24, 2.45) is 0 Å². The van der Waals surface area contributed by atoms with Gasteiger partial charge in [0, 0.05) is 11.1 Å². The fourth-order valence-corrected chi connectivity index (χ4v) is 2.33. The van der Waals surface area contributed by atoms with Gasteiger partial charge in [0.25, 0.3) is 0 Å². The van der Waals surface area contributed by atoms with Crippen LogP contribution in [-0.4, -0.2) is 35.1 Å². The molecule has 1 amide bonds. The molecule has 27 heavy (non-hydrogen) atoms. The molecule has 2 aromatic heterocycles. The zero-order valence-corrected chi connectivity index (χ0v) is 15.9. The fraction of sp³-hybridized carbons (Fsp3) is 0.368. The van der Waals surface area contributed by atoms with Crippen LogP contribution >= 0.6 is 0 Å². The number of nitrogens with zero attached hydrogens (tertiary/aromatic N) is 3. The zero-order chi connectivity index (χ0) is 20.2. The first-order valence-corrected chi connectivity index (χ1v) is 8.26. The molecule has 0 spiro atoms. The van der Waals surface area contributed by atoms with Crippen molar-refractivity contribution >= 4 is 18.2 Å². The van der Waals surface area contributed by atoms with Crippen LogP contribution in [0.25, 0.3) is 0 Å². The lowest BCUT2D eigenvalue weighted by Crippen LogP contribution is -2.37. The van der Waals surface area contributed by atoms with Crippen LogP contribution in [-0.2, 0) is 11.3 Å². The number of aryl methyl sites for hydroxylation is 1. The Morgan fingerprint density at radius 3 is 2.59 bits per heavy atom. The number of carbonyl (C=O) groups excluding carboxylic acids is 2. The Bertz CT molecular complexity index is 849. The molecule has 0 atom stereocenters. The molecule has 0 aliphatic rings. The second-order valence-corrected chi connectivity index (χ2v) is 6.85. The van der Waals surface area contributed by atoms with Gasteiger partial charge in [-0.25, -0.2) is 19.2 Å². The number of halogens is 1. The minimum absolute atomic E-state index is 0.0737. The van der Waals surface area contributed by atoms with Crippen LogP contribution in [0.2, 0.25) is 0 Å². The van der Waals surface area contributed by atoms with Gasteiger partial charge in [0.1, 0.15) is 17.2 Å². The Labute approximate surface area is 157 Å². The minimum Gasteiger partial charge on any atom is -0.481 e. The van der Waals surface area contributed by atoms with E-state index in [1.54, 1.807) is 33.8 Å². The van der Waals surface area contributed by atoms with Gasteiger partial charge >= 0.3 is 6.09 Å². The quantitative estimate of drug-likeness (QED) is 0.742. The second-order valence-electron chi connectivity index (χ2n) is 6.85. The summed E-state index contributed by atoms with van der Waals surface area (Å²) in [6.45, 7) is 6.80. The van der Waals surface area contributed by atoms with E-state index >= 15 is 0 Å². The van der Waals surface area contributed by atoms with E-state index in [1.807, 2.05) is 0 Å². The normalized spacial score (nSPS) is 11.0. The summed E-state index contributed by atoms with van der Waals surface area (Å²) in [5.74, 6) is -0.111. The van der Waals surface area contributed by atoms with E-state index in [-0.39, 0.29) is 18.2 Å². The summed E-state index contributed by atoms with van der Waals surface area (Å²) in [5.41, 5.74) is 0.479. The number of carbonyl (C=O) groups is 2. The molecular formula is C19H22FN3O4. The molecule has 144 valence electrons.